The van der Waals surface area contributed by atoms with Gasteiger partial charge in [-0.25, -0.2) is 0 Å². The van der Waals surface area contributed by atoms with E-state index in [1.54, 1.807) is 6.92 Å². The number of aliphatic hydroxyl groups is 17. The highest BCUT2D eigenvalue weighted by atomic mass is 16.8. The van der Waals surface area contributed by atoms with Crippen molar-refractivity contribution in [1.29, 1.82) is 0 Å². The number of rotatable bonds is 15. The average molecular weight is 1130 g/mol. The first kappa shape index (κ1) is 62.3. The lowest BCUT2D eigenvalue weighted by molar-refractivity contribution is -0.391. The minimum absolute atomic E-state index is 0.0813. The van der Waals surface area contributed by atoms with Gasteiger partial charge >= 0.3 is 5.97 Å². The van der Waals surface area contributed by atoms with Crippen LogP contribution in [-0.2, 0) is 47.4 Å². The number of esters is 1. The fourth-order valence-corrected chi connectivity index (χ4v) is 14.5. The van der Waals surface area contributed by atoms with Crippen molar-refractivity contribution >= 4 is 5.97 Å². The van der Waals surface area contributed by atoms with E-state index in [1.807, 2.05) is 0 Å². The van der Waals surface area contributed by atoms with Crippen molar-refractivity contribution in [3.8, 4) is 0 Å². The number of hydrogen-bond acceptors (Lipinski definition) is 27. The van der Waals surface area contributed by atoms with Gasteiger partial charge in [-0.2, -0.15) is 0 Å². The molecule has 4 saturated heterocycles. The van der Waals surface area contributed by atoms with Crippen molar-refractivity contribution in [3.63, 3.8) is 0 Å². The van der Waals surface area contributed by atoms with E-state index in [2.05, 4.69) is 20.4 Å². The zero-order valence-corrected chi connectivity index (χ0v) is 44.0. The Bertz CT molecular complexity index is 2010. The predicted molar refractivity (Wildman–Crippen MR) is 257 cm³/mol. The summed E-state index contributed by atoms with van der Waals surface area (Å²) in [4.78, 5) is 15.1. The summed E-state index contributed by atoms with van der Waals surface area (Å²) in [5, 5.41) is 181. The van der Waals surface area contributed by atoms with Crippen LogP contribution in [0.1, 0.15) is 78.6 Å². The molecule has 4 heterocycles. The SMILES string of the molecule is C=C1C[C@@]2(C)CCC3[C@](C)(C(=O)OC4OC(CO)C(O)C(O)C4OC4OC(CO)C(O)C(O)C4OC4OC(CO)C(O)C(O)C4O)CCC[C@@]3(C)[C@@H]2CCC1OC1OC(CO)C(O)C(O)C1OC1CC(CO)C(O)C(O)C1O. The monoisotopic (exact) mass is 1130 g/mol. The third-order valence-electron chi connectivity index (χ3n) is 19.0. The lowest BCUT2D eigenvalue weighted by atomic mass is 9.42. The van der Waals surface area contributed by atoms with Crippen LogP contribution in [0.5, 0.6) is 0 Å². The summed E-state index contributed by atoms with van der Waals surface area (Å²) in [6.45, 7) is 6.65. The number of carbonyl (C=O) groups is 1. The summed E-state index contributed by atoms with van der Waals surface area (Å²) in [5.74, 6) is -2.10. The van der Waals surface area contributed by atoms with E-state index < -0.39 is 215 Å². The standard InChI is InChI=1S/C51H84O27/c1-19-13-49(2)11-8-28-50(3,27(49)7-6-21(19)71-45-41(37(65)32(60)24(16-54)73-45)70-22-12-20(14-52)29(57)35(63)30(22)58)9-5-10-51(28,4)48(69)78-47-43(39(67)34(62)26(18-56)75-47)77-46-42(38(66)33(61)25(17-55)74-46)76-44-40(68)36(64)31(59)23(15-53)72-44/h20-47,52-68H,1,5-18H2,2-4H3/t20?,21?,22?,23?,24?,25?,26?,27-,28?,29?,30?,31?,32?,33?,34?,35?,36?,37?,38?,39?,40?,41?,42?,43?,44?,45?,46?,47?,49-,50+,51-/m1/s1. The van der Waals surface area contributed by atoms with E-state index in [0.717, 1.165) is 0 Å². The summed E-state index contributed by atoms with van der Waals surface area (Å²) in [6, 6.07) is 0. The Morgan fingerprint density at radius 1 is 0.500 bits per heavy atom. The number of carbonyl (C=O) groups excluding carboxylic acids is 1. The van der Waals surface area contributed by atoms with Crippen LogP contribution in [0.25, 0.3) is 0 Å². The maximum atomic E-state index is 15.1. The van der Waals surface area contributed by atoms with Gasteiger partial charge in [-0.3, -0.25) is 4.79 Å². The van der Waals surface area contributed by atoms with Crippen LogP contribution in [0.3, 0.4) is 0 Å². The van der Waals surface area contributed by atoms with Crippen molar-refractivity contribution in [3.05, 3.63) is 12.2 Å². The van der Waals surface area contributed by atoms with Gasteiger partial charge in [0, 0.05) is 12.5 Å². The number of hydrogen-bond donors (Lipinski definition) is 17. The van der Waals surface area contributed by atoms with Gasteiger partial charge in [0.05, 0.1) is 50.2 Å². The van der Waals surface area contributed by atoms with E-state index in [1.165, 1.54) is 0 Å². The molecule has 0 aromatic rings. The largest absolute Gasteiger partial charge is 0.432 e. The summed E-state index contributed by atoms with van der Waals surface area (Å²) >= 11 is 0. The molecule has 8 rings (SSSR count). The fraction of sp³-hybridized carbons (Fsp3) is 0.941. The molecule has 27 unspecified atom stereocenters. The number of ether oxygens (including phenoxy) is 9. The lowest BCUT2D eigenvalue weighted by Gasteiger charge is -2.62. The molecule has 17 N–H and O–H groups in total. The molecule has 0 amide bonds. The van der Waals surface area contributed by atoms with Gasteiger partial charge in [0.25, 0.3) is 0 Å². The minimum Gasteiger partial charge on any atom is -0.432 e. The first-order valence-electron chi connectivity index (χ1n) is 27.2. The average Bonchev–Trinajstić information content (AvgIpc) is 3.72. The predicted octanol–water partition coefficient (Wildman–Crippen LogP) is -6.38. The highest BCUT2D eigenvalue weighted by Crippen LogP contribution is 2.67. The van der Waals surface area contributed by atoms with E-state index >= 15 is 4.79 Å². The fourth-order valence-electron chi connectivity index (χ4n) is 14.5. The summed E-state index contributed by atoms with van der Waals surface area (Å²) in [6.07, 6.45) is -38.2. The minimum atomic E-state index is -2.02. The molecule has 0 radical (unpaired) electrons. The van der Waals surface area contributed by atoms with Crippen LogP contribution in [0.4, 0.5) is 0 Å². The zero-order valence-electron chi connectivity index (χ0n) is 44.0. The van der Waals surface area contributed by atoms with Gasteiger partial charge in [0.2, 0.25) is 6.29 Å². The third kappa shape index (κ3) is 11.5. The maximum absolute atomic E-state index is 15.1. The van der Waals surface area contributed by atoms with Crippen molar-refractivity contribution in [2.24, 2.45) is 34.0 Å². The Balaban J connectivity index is 1.01. The molecule has 0 aromatic heterocycles. The van der Waals surface area contributed by atoms with Crippen molar-refractivity contribution in [2.75, 3.05) is 33.0 Å². The van der Waals surface area contributed by atoms with Gasteiger partial charge in [0.1, 0.15) is 104 Å². The van der Waals surface area contributed by atoms with Crippen LogP contribution < -0.4 is 0 Å². The molecule has 0 aromatic carbocycles. The third-order valence-corrected chi connectivity index (χ3v) is 19.0. The molecule has 4 aliphatic heterocycles. The van der Waals surface area contributed by atoms with Crippen molar-refractivity contribution < 1.29 is 134 Å². The van der Waals surface area contributed by atoms with Crippen LogP contribution in [0.2, 0.25) is 0 Å². The second kappa shape index (κ2) is 24.8. The molecule has 0 spiro atoms. The highest BCUT2D eigenvalue weighted by Gasteiger charge is 2.64. The topological polar surface area (TPSA) is 444 Å². The Kier molecular flexibility index (Phi) is 19.8. The summed E-state index contributed by atoms with van der Waals surface area (Å²) < 4.78 is 54.1. The first-order chi connectivity index (χ1) is 36.8. The summed E-state index contributed by atoms with van der Waals surface area (Å²) in [7, 11) is 0. The normalized spacial score (nSPS) is 53.2. The molecular formula is C51H84O27. The molecule has 8 fully saturated rings. The van der Waals surface area contributed by atoms with Crippen LogP contribution >= 0.6 is 0 Å². The van der Waals surface area contributed by atoms with E-state index in [0.29, 0.717) is 56.9 Å². The van der Waals surface area contributed by atoms with Crippen LogP contribution in [0, 0.1) is 34.0 Å². The molecule has 0 bridgehead atoms. The van der Waals surface area contributed by atoms with E-state index in [4.69, 9.17) is 42.6 Å². The number of fused-ring (bicyclic) bond motifs is 3. The van der Waals surface area contributed by atoms with E-state index in [9.17, 15) is 86.8 Å². The highest BCUT2D eigenvalue weighted by molar-refractivity contribution is 5.77. The molecule has 4 aliphatic carbocycles. The molecular weight excluding hydrogens is 1040 g/mol. The second-order valence-electron chi connectivity index (χ2n) is 23.8. The molecule has 4 saturated carbocycles. The van der Waals surface area contributed by atoms with Gasteiger partial charge in [-0.05, 0) is 86.5 Å². The lowest BCUT2D eigenvalue weighted by Crippen LogP contribution is -2.67. The Labute approximate surface area is 450 Å². The van der Waals surface area contributed by atoms with E-state index in [-0.39, 0.29) is 18.3 Å². The van der Waals surface area contributed by atoms with Gasteiger partial charge in [0.15, 0.2) is 25.0 Å². The Hall–Kier alpha value is -1.79. The van der Waals surface area contributed by atoms with Crippen LogP contribution in [0.15, 0.2) is 12.2 Å². The van der Waals surface area contributed by atoms with Gasteiger partial charge in [-0.15, -0.1) is 0 Å². The van der Waals surface area contributed by atoms with Gasteiger partial charge in [-0.1, -0.05) is 26.8 Å². The quantitative estimate of drug-likeness (QED) is 0.0536. The Morgan fingerprint density at radius 3 is 1.53 bits per heavy atom. The molecule has 27 nitrogen and oxygen atoms in total. The second-order valence-corrected chi connectivity index (χ2v) is 23.8. The molecule has 8 aliphatic rings. The first-order valence-corrected chi connectivity index (χ1v) is 27.2. The molecule has 78 heavy (non-hydrogen) atoms. The molecule has 450 valence electrons. The molecule has 27 heteroatoms. The van der Waals surface area contributed by atoms with Crippen molar-refractivity contribution in [2.45, 2.75) is 232 Å². The smallest absolute Gasteiger partial charge is 0.314 e. The molecule has 31 atom stereocenters. The Morgan fingerprint density at radius 2 is 0.974 bits per heavy atom. The zero-order chi connectivity index (χ0) is 57.1. The van der Waals surface area contributed by atoms with Crippen molar-refractivity contribution in [1.82, 2.24) is 0 Å². The summed E-state index contributed by atoms with van der Waals surface area (Å²) in [5.41, 5.74) is -1.52. The van der Waals surface area contributed by atoms with Gasteiger partial charge < -0.3 is 129 Å². The van der Waals surface area contributed by atoms with Crippen LogP contribution in [-0.4, -0.2) is 279 Å². The number of aliphatic hydroxyl groups excluding tert-OH is 17. The maximum Gasteiger partial charge on any atom is 0.314 e.